The molecule has 0 bridgehead atoms. The molecular weight excluding hydrogens is 368 g/mol. The Morgan fingerprint density at radius 3 is 2.56 bits per heavy atom. The number of nitrogens with one attached hydrogen (secondary N) is 1. The first kappa shape index (κ1) is 18.0. The summed E-state index contributed by atoms with van der Waals surface area (Å²) < 4.78 is 1.80. The fourth-order valence-corrected chi connectivity index (χ4v) is 4.21. The van der Waals surface area contributed by atoms with Gasteiger partial charge in [0, 0.05) is 25.4 Å². The average Bonchev–Trinajstić information content (AvgIpc) is 3.17. The van der Waals surface area contributed by atoms with Gasteiger partial charge >= 0.3 is 0 Å². The largest absolute Gasteiger partial charge is 0.350 e. The van der Waals surface area contributed by atoms with Gasteiger partial charge in [0.25, 0.3) is 0 Å². The highest BCUT2D eigenvalue weighted by molar-refractivity contribution is 6.30. The van der Waals surface area contributed by atoms with Crippen molar-refractivity contribution in [2.24, 2.45) is 11.8 Å². The molecule has 2 atom stereocenters. The van der Waals surface area contributed by atoms with Gasteiger partial charge in [0.2, 0.25) is 17.7 Å². The zero-order chi connectivity index (χ0) is 19.0. The van der Waals surface area contributed by atoms with Crippen molar-refractivity contribution in [1.82, 2.24) is 19.6 Å². The maximum absolute atomic E-state index is 12.4. The first-order valence-corrected chi connectivity index (χ1v) is 9.66. The lowest BCUT2D eigenvalue weighted by Gasteiger charge is -2.19. The summed E-state index contributed by atoms with van der Waals surface area (Å²) >= 11 is 5.95. The smallest absolute Gasteiger partial charge is 0.233 e. The highest BCUT2D eigenvalue weighted by Crippen LogP contribution is 2.37. The van der Waals surface area contributed by atoms with Gasteiger partial charge in [-0.15, -0.1) is 0 Å². The molecule has 7 nitrogen and oxygen atoms in total. The Bertz CT molecular complexity index is 885. The number of fused-ring (bicyclic) bond motifs is 2. The normalized spacial score (nSPS) is 22.3. The van der Waals surface area contributed by atoms with Gasteiger partial charge in [0.15, 0.2) is 0 Å². The van der Waals surface area contributed by atoms with Gasteiger partial charge in [-0.3, -0.25) is 19.3 Å². The molecule has 142 valence electrons. The zero-order valence-electron chi connectivity index (χ0n) is 14.9. The number of carbonyl (C=O) groups excluding carboxylic acids is 3. The molecule has 1 aliphatic heterocycles. The van der Waals surface area contributed by atoms with E-state index in [1.807, 2.05) is 0 Å². The molecule has 1 N–H and O–H groups in total. The number of imidazole rings is 1. The van der Waals surface area contributed by atoms with E-state index in [4.69, 9.17) is 11.6 Å². The summed E-state index contributed by atoms with van der Waals surface area (Å²) in [5, 5.41) is 3.40. The molecular formula is C19H21ClN4O3. The van der Waals surface area contributed by atoms with Crippen LogP contribution in [-0.2, 0) is 20.9 Å². The Morgan fingerprint density at radius 1 is 1.15 bits per heavy atom. The van der Waals surface area contributed by atoms with Crippen molar-refractivity contribution in [3.05, 3.63) is 35.2 Å². The molecule has 27 heavy (non-hydrogen) atoms. The molecule has 3 amide bonds. The molecule has 1 aliphatic carbocycles. The van der Waals surface area contributed by atoms with E-state index in [1.165, 1.54) is 4.90 Å². The van der Waals surface area contributed by atoms with Crippen LogP contribution in [0.15, 0.2) is 24.5 Å². The number of hydrogen-bond acceptors (Lipinski definition) is 4. The molecule has 0 aromatic carbocycles. The zero-order valence-corrected chi connectivity index (χ0v) is 15.6. The van der Waals surface area contributed by atoms with Gasteiger partial charge in [-0.25, -0.2) is 4.98 Å². The number of aromatic nitrogens is 2. The molecule has 2 unspecified atom stereocenters. The second-order valence-electron chi connectivity index (χ2n) is 7.20. The van der Waals surface area contributed by atoms with Gasteiger partial charge in [-0.2, -0.15) is 0 Å². The van der Waals surface area contributed by atoms with E-state index < -0.39 is 0 Å². The molecule has 3 heterocycles. The predicted octanol–water partition coefficient (Wildman–Crippen LogP) is 2.17. The molecule has 2 aromatic rings. The summed E-state index contributed by atoms with van der Waals surface area (Å²) in [4.78, 5) is 42.7. The molecule has 2 aromatic heterocycles. The first-order valence-electron chi connectivity index (χ1n) is 9.28. The van der Waals surface area contributed by atoms with E-state index in [2.05, 4.69) is 10.3 Å². The number of amides is 3. The number of likely N-dealkylation sites (tertiary alicyclic amines) is 1. The molecule has 8 heteroatoms. The lowest BCUT2D eigenvalue weighted by molar-refractivity contribution is -0.140. The van der Waals surface area contributed by atoms with Crippen LogP contribution in [0.2, 0.25) is 5.02 Å². The maximum atomic E-state index is 12.4. The van der Waals surface area contributed by atoms with E-state index in [0.717, 1.165) is 31.3 Å². The van der Waals surface area contributed by atoms with Crippen LogP contribution in [0.3, 0.4) is 0 Å². The van der Waals surface area contributed by atoms with Crippen LogP contribution in [-0.4, -0.2) is 38.6 Å². The summed E-state index contributed by atoms with van der Waals surface area (Å²) in [6.45, 7) is 0.433. The number of hydrogen-bond donors (Lipinski definition) is 1. The van der Waals surface area contributed by atoms with Crippen molar-refractivity contribution >= 4 is 35.0 Å². The van der Waals surface area contributed by atoms with Crippen LogP contribution in [0, 0.1) is 11.8 Å². The van der Waals surface area contributed by atoms with E-state index in [9.17, 15) is 14.4 Å². The van der Waals surface area contributed by atoms with Gasteiger partial charge in [-0.05, 0) is 25.0 Å². The summed E-state index contributed by atoms with van der Waals surface area (Å²) in [5.41, 5.74) is 1.46. The summed E-state index contributed by atoms with van der Waals surface area (Å²) in [6.07, 6.45) is 7.23. The van der Waals surface area contributed by atoms with Crippen molar-refractivity contribution in [3.63, 3.8) is 0 Å². The lowest BCUT2D eigenvalue weighted by atomic mass is 9.81. The average molecular weight is 389 g/mol. The predicted molar refractivity (Wildman–Crippen MR) is 98.8 cm³/mol. The minimum Gasteiger partial charge on any atom is -0.350 e. The first-order chi connectivity index (χ1) is 13.0. The Kier molecular flexibility index (Phi) is 4.86. The molecule has 0 spiro atoms. The van der Waals surface area contributed by atoms with Crippen molar-refractivity contribution in [2.45, 2.75) is 38.6 Å². The fraction of sp³-hybridized carbons (Fsp3) is 0.474. The van der Waals surface area contributed by atoms with E-state index >= 15 is 0 Å². The van der Waals surface area contributed by atoms with Crippen LogP contribution in [0.5, 0.6) is 0 Å². The van der Waals surface area contributed by atoms with Crippen molar-refractivity contribution in [3.8, 4) is 0 Å². The van der Waals surface area contributed by atoms with Crippen molar-refractivity contribution in [2.75, 3.05) is 6.54 Å². The number of carbonyl (C=O) groups is 3. The van der Waals surface area contributed by atoms with E-state index in [0.29, 0.717) is 10.7 Å². The van der Waals surface area contributed by atoms with E-state index in [-0.39, 0.29) is 49.1 Å². The number of nitrogens with zero attached hydrogens (tertiary/aromatic N) is 3. The monoisotopic (exact) mass is 388 g/mol. The van der Waals surface area contributed by atoms with Gasteiger partial charge in [0.05, 0.1) is 29.1 Å². The number of halogens is 1. The number of rotatable bonds is 5. The molecule has 2 fully saturated rings. The SMILES string of the molecule is O=C(CCN1C(=O)C2CCCCC2C1=O)NCc1cn2cc(Cl)ccc2n1. The van der Waals surface area contributed by atoms with Crippen LogP contribution in [0.25, 0.3) is 5.65 Å². The molecule has 4 rings (SSSR count). The fourth-order valence-electron chi connectivity index (χ4n) is 4.04. The third kappa shape index (κ3) is 3.56. The quantitative estimate of drug-likeness (QED) is 0.795. The third-order valence-electron chi connectivity index (χ3n) is 5.43. The standard InChI is InChI=1S/C19H21ClN4O3/c20-12-5-6-16-22-13(11-23(16)10-12)9-21-17(25)7-8-24-18(26)14-3-1-2-4-15(14)19(24)27/h5-6,10-11,14-15H,1-4,7-9H2,(H,21,25). The van der Waals surface area contributed by atoms with Crippen LogP contribution >= 0.6 is 11.6 Å². The summed E-state index contributed by atoms with van der Waals surface area (Å²) in [7, 11) is 0. The Hall–Kier alpha value is -2.41. The second-order valence-corrected chi connectivity index (χ2v) is 7.63. The van der Waals surface area contributed by atoms with Crippen LogP contribution < -0.4 is 5.32 Å². The lowest BCUT2D eigenvalue weighted by Crippen LogP contribution is -2.35. The van der Waals surface area contributed by atoms with Gasteiger partial charge < -0.3 is 9.72 Å². The topological polar surface area (TPSA) is 83.8 Å². The summed E-state index contributed by atoms with van der Waals surface area (Å²) in [6, 6.07) is 3.56. The molecule has 1 saturated carbocycles. The van der Waals surface area contributed by atoms with Gasteiger partial charge in [0.1, 0.15) is 5.65 Å². The third-order valence-corrected chi connectivity index (χ3v) is 5.65. The maximum Gasteiger partial charge on any atom is 0.233 e. The van der Waals surface area contributed by atoms with E-state index in [1.54, 1.807) is 28.9 Å². The van der Waals surface area contributed by atoms with Crippen molar-refractivity contribution < 1.29 is 14.4 Å². The molecule has 0 radical (unpaired) electrons. The van der Waals surface area contributed by atoms with Crippen LogP contribution in [0.1, 0.15) is 37.8 Å². The minimum absolute atomic E-state index is 0.102. The van der Waals surface area contributed by atoms with Gasteiger partial charge in [-0.1, -0.05) is 24.4 Å². The van der Waals surface area contributed by atoms with Crippen LogP contribution in [0.4, 0.5) is 0 Å². The molecule has 1 saturated heterocycles. The molecule has 2 aliphatic rings. The number of pyridine rings is 1. The minimum atomic E-state index is -0.208. The Balaban J connectivity index is 1.30. The highest BCUT2D eigenvalue weighted by Gasteiger charge is 2.47. The Labute approximate surface area is 161 Å². The van der Waals surface area contributed by atoms with Crippen molar-refractivity contribution in [1.29, 1.82) is 0 Å². The second kappa shape index (κ2) is 7.31. The highest BCUT2D eigenvalue weighted by atomic mass is 35.5. The number of imide groups is 1. The summed E-state index contributed by atoms with van der Waals surface area (Å²) in [5.74, 6) is -0.747. The Morgan fingerprint density at radius 2 is 1.85 bits per heavy atom.